The van der Waals surface area contributed by atoms with E-state index in [0.717, 1.165) is 12.3 Å². The Bertz CT molecular complexity index is 287. The van der Waals surface area contributed by atoms with Crippen molar-refractivity contribution in [1.29, 1.82) is 0 Å². The molecule has 0 radical (unpaired) electrons. The van der Waals surface area contributed by atoms with Crippen molar-refractivity contribution in [2.75, 3.05) is 12.8 Å². The molecule has 19 heavy (non-hydrogen) atoms. The summed E-state index contributed by atoms with van der Waals surface area (Å²) in [5.74, 6) is 0.423. The highest BCUT2D eigenvalue weighted by atomic mass is 31.1. The first kappa shape index (κ1) is 16.6. The van der Waals surface area contributed by atoms with E-state index in [-0.39, 0.29) is 24.7 Å². The third-order valence-electron chi connectivity index (χ3n) is 3.49. The highest BCUT2D eigenvalue weighted by Crippen LogP contribution is 2.32. The molecule has 0 saturated heterocycles. The van der Waals surface area contributed by atoms with Gasteiger partial charge in [-0.1, -0.05) is 32.1 Å². The van der Waals surface area contributed by atoms with Crippen molar-refractivity contribution in [3.63, 3.8) is 0 Å². The summed E-state index contributed by atoms with van der Waals surface area (Å²) in [6, 6.07) is 0. The van der Waals surface area contributed by atoms with E-state index >= 15 is 0 Å². The summed E-state index contributed by atoms with van der Waals surface area (Å²) in [7, 11) is -1.74. The van der Waals surface area contributed by atoms with Crippen LogP contribution in [-0.4, -0.2) is 24.8 Å². The molecule has 5 heteroatoms. The standard InChI is InChI=1S/C14H26O4P/c1-3-17-14(15)9-10-19(16)18-12(2)11-13-7-5-4-6-8-13/h12-13H,3-11H2,1-2H3/q+1. The molecule has 0 aromatic heterocycles. The minimum absolute atomic E-state index is 0.0221. The number of esters is 1. The van der Waals surface area contributed by atoms with Gasteiger partial charge in [-0.3, -0.25) is 4.79 Å². The molecule has 2 atom stereocenters. The lowest BCUT2D eigenvalue weighted by Gasteiger charge is -2.22. The van der Waals surface area contributed by atoms with Gasteiger partial charge >= 0.3 is 14.0 Å². The van der Waals surface area contributed by atoms with Crippen molar-refractivity contribution in [2.45, 2.75) is 64.9 Å². The molecule has 1 saturated carbocycles. The van der Waals surface area contributed by atoms with E-state index in [1.165, 1.54) is 32.1 Å². The second-order valence-electron chi connectivity index (χ2n) is 5.27. The lowest BCUT2D eigenvalue weighted by Crippen LogP contribution is -2.15. The molecule has 0 bridgehead atoms. The summed E-state index contributed by atoms with van der Waals surface area (Å²) in [4.78, 5) is 11.1. The van der Waals surface area contributed by atoms with Crippen molar-refractivity contribution >= 4 is 14.0 Å². The van der Waals surface area contributed by atoms with Gasteiger partial charge in [0.2, 0.25) is 0 Å². The summed E-state index contributed by atoms with van der Waals surface area (Å²) < 4.78 is 22.0. The fourth-order valence-corrected chi connectivity index (χ4v) is 3.56. The highest BCUT2D eigenvalue weighted by molar-refractivity contribution is 7.39. The van der Waals surface area contributed by atoms with Gasteiger partial charge in [0.25, 0.3) is 0 Å². The monoisotopic (exact) mass is 289 g/mol. The van der Waals surface area contributed by atoms with Gasteiger partial charge in [-0.25, -0.2) is 0 Å². The second-order valence-corrected chi connectivity index (χ2v) is 6.59. The Kier molecular flexibility index (Phi) is 8.24. The van der Waals surface area contributed by atoms with E-state index in [1.807, 2.05) is 6.92 Å². The Balaban J connectivity index is 2.14. The van der Waals surface area contributed by atoms with Crippen LogP contribution in [0.3, 0.4) is 0 Å². The number of carbonyl (C=O) groups is 1. The molecule has 0 spiro atoms. The third-order valence-corrected chi connectivity index (χ3v) is 4.68. The van der Waals surface area contributed by atoms with Gasteiger partial charge in [0.15, 0.2) is 6.16 Å². The number of rotatable bonds is 8. The lowest BCUT2D eigenvalue weighted by molar-refractivity contribution is -0.142. The highest BCUT2D eigenvalue weighted by Gasteiger charge is 2.26. The normalized spacial score (nSPS) is 18.9. The Morgan fingerprint density at radius 1 is 1.32 bits per heavy atom. The van der Waals surface area contributed by atoms with E-state index in [0.29, 0.717) is 6.61 Å². The molecule has 1 aliphatic carbocycles. The SMILES string of the molecule is CCOC(=O)CC[P+](=O)OC(C)CC1CCCCC1. The van der Waals surface area contributed by atoms with Gasteiger partial charge in [0, 0.05) is 0 Å². The van der Waals surface area contributed by atoms with Gasteiger partial charge < -0.3 is 4.74 Å². The second kappa shape index (κ2) is 9.44. The third kappa shape index (κ3) is 7.64. The van der Waals surface area contributed by atoms with Gasteiger partial charge in [0.05, 0.1) is 13.0 Å². The summed E-state index contributed by atoms with van der Waals surface area (Å²) in [6.45, 7) is 4.11. The van der Waals surface area contributed by atoms with Crippen LogP contribution in [0.4, 0.5) is 0 Å². The summed E-state index contributed by atoms with van der Waals surface area (Å²) in [5.41, 5.74) is 0. The minimum Gasteiger partial charge on any atom is -0.466 e. The van der Waals surface area contributed by atoms with Gasteiger partial charge in [0.1, 0.15) is 6.10 Å². The van der Waals surface area contributed by atoms with Crippen LogP contribution in [0.2, 0.25) is 0 Å². The van der Waals surface area contributed by atoms with Crippen LogP contribution in [0.1, 0.15) is 58.8 Å². The molecule has 1 fully saturated rings. The van der Waals surface area contributed by atoms with Crippen LogP contribution < -0.4 is 0 Å². The molecule has 0 amide bonds. The maximum absolute atomic E-state index is 11.7. The maximum Gasteiger partial charge on any atom is 0.508 e. The Morgan fingerprint density at radius 2 is 2.00 bits per heavy atom. The average molecular weight is 289 g/mol. The molecule has 0 aromatic rings. The van der Waals surface area contributed by atoms with Crippen LogP contribution in [0.5, 0.6) is 0 Å². The zero-order valence-electron chi connectivity index (χ0n) is 12.1. The van der Waals surface area contributed by atoms with E-state index in [4.69, 9.17) is 9.26 Å². The first-order valence-corrected chi connectivity index (χ1v) is 8.75. The molecule has 0 aliphatic heterocycles. The molecule has 0 heterocycles. The van der Waals surface area contributed by atoms with Crippen LogP contribution in [0.25, 0.3) is 0 Å². The van der Waals surface area contributed by atoms with Crippen molar-refractivity contribution in [2.24, 2.45) is 5.92 Å². The van der Waals surface area contributed by atoms with Crippen LogP contribution in [0.15, 0.2) is 0 Å². The molecule has 1 aliphatic rings. The molecular weight excluding hydrogens is 263 g/mol. The molecule has 0 aromatic carbocycles. The Labute approximate surface area is 117 Å². The predicted molar refractivity (Wildman–Crippen MR) is 75.5 cm³/mol. The van der Waals surface area contributed by atoms with Crippen molar-refractivity contribution < 1.29 is 18.6 Å². The number of hydrogen-bond acceptors (Lipinski definition) is 4. The fourth-order valence-electron chi connectivity index (χ4n) is 2.60. The topological polar surface area (TPSA) is 52.6 Å². The van der Waals surface area contributed by atoms with Gasteiger partial charge in [-0.2, -0.15) is 0 Å². The molecule has 1 rings (SSSR count). The average Bonchev–Trinajstić information content (AvgIpc) is 2.38. The Morgan fingerprint density at radius 3 is 2.63 bits per heavy atom. The van der Waals surface area contributed by atoms with Crippen molar-refractivity contribution in [3.8, 4) is 0 Å². The van der Waals surface area contributed by atoms with E-state index < -0.39 is 8.03 Å². The van der Waals surface area contributed by atoms with Crippen LogP contribution >= 0.6 is 8.03 Å². The molecule has 0 N–H and O–H groups in total. The van der Waals surface area contributed by atoms with Crippen LogP contribution in [0, 0.1) is 5.92 Å². The largest absolute Gasteiger partial charge is 0.508 e. The van der Waals surface area contributed by atoms with E-state index in [1.54, 1.807) is 6.92 Å². The first-order valence-electron chi connectivity index (χ1n) is 7.39. The maximum atomic E-state index is 11.7. The fraction of sp³-hybridized carbons (Fsp3) is 0.929. The quantitative estimate of drug-likeness (QED) is 0.499. The zero-order chi connectivity index (χ0) is 14.1. The molecule has 110 valence electrons. The smallest absolute Gasteiger partial charge is 0.466 e. The van der Waals surface area contributed by atoms with Crippen molar-refractivity contribution in [1.82, 2.24) is 0 Å². The number of hydrogen-bond donors (Lipinski definition) is 0. The molecular formula is C14H26O4P+. The summed E-state index contributed by atoms with van der Waals surface area (Å²) >= 11 is 0. The minimum atomic E-state index is -1.74. The van der Waals surface area contributed by atoms with Crippen LogP contribution in [-0.2, 0) is 18.6 Å². The number of carbonyl (C=O) groups excluding carboxylic acids is 1. The predicted octanol–water partition coefficient (Wildman–Crippen LogP) is 4.06. The van der Waals surface area contributed by atoms with Crippen molar-refractivity contribution in [3.05, 3.63) is 0 Å². The van der Waals surface area contributed by atoms with Gasteiger partial charge in [-0.15, -0.1) is 4.52 Å². The van der Waals surface area contributed by atoms with Gasteiger partial charge in [-0.05, 0) is 30.8 Å². The summed E-state index contributed by atoms with van der Waals surface area (Å²) in [5, 5.41) is 0. The molecule has 4 nitrogen and oxygen atoms in total. The lowest BCUT2D eigenvalue weighted by atomic mass is 9.86. The summed E-state index contributed by atoms with van der Waals surface area (Å²) in [6.07, 6.45) is 7.97. The Hall–Kier alpha value is -0.470. The zero-order valence-corrected chi connectivity index (χ0v) is 13.0. The van der Waals surface area contributed by atoms with E-state index in [2.05, 4.69) is 0 Å². The number of ether oxygens (including phenoxy) is 1. The first-order chi connectivity index (χ1) is 9.11. The van der Waals surface area contributed by atoms with E-state index in [9.17, 15) is 9.36 Å². The molecule has 2 unspecified atom stereocenters.